The maximum atomic E-state index is 12.5. The molecular weight excluding hydrogens is 444 g/mol. The van der Waals surface area contributed by atoms with Gasteiger partial charge < -0.3 is 19.6 Å². The van der Waals surface area contributed by atoms with E-state index in [1.54, 1.807) is 18.2 Å². The monoisotopic (exact) mass is 462 g/mol. The van der Waals surface area contributed by atoms with Crippen LogP contribution in [-0.2, 0) is 16.0 Å². The van der Waals surface area contributed by atoms with Crippen LogP contribution in [-0.4, -0.2) is 34.8 Å². The Labute approximate surface area is 194 Å². The van der Waals surface area contributed by atoms with E-state index in [1.807, 2.05) is 48.5 Å². The number of rotatable bonds is 6. The van der Waals surface area contributed by atoms with E-state index in [1.165, 1.54) is 0 Å². The number of fused-ring (bicyclic) bond motifs is 4. The molecule has 4 aromatic rings. The van der Waals surface area contributed by atoms with Crippen LogP contribution in [0.5, 0.6) is 0 Å². The number of nitrogens with one attached hydrogen (secondary N) is 1. The topological polar surface area (TPSA) is 102 Å². The highest BCUT2D eigenvalue weighted by Crippen LogP contribution is 2.44. The van der Waals surface area contributed by atoms with Crippen molar-refractivity contribution in [2.45, 2.75) is 18.4 Å². The van der Waals surface area contributed by atoms with E-state index in [0.717, 1.165) is 22.3 Å². The van der Waals surface area contributed by atoms with Crippen LogP contribution in [0.25, 0.3) is 22.2 Å². The molecule has 2 N–H and O–H groups in total. The van der Waals surface area contributed by atoms with Crippen LogP contribution in [0.3, 0.4) is 0 Å². The zero-order valence-corrected chi connectivity index (χ0v) is 18.1. The van der Waals surface area contributed by atoms with Crippen LogP contribution < -0.4 is 5.32 Å². The highest BCUT2D eigenvalue weighted by atomic mass is 35.5. The van der Waals surface area contributed by atoms with Gasteiger partial charge in [0.05, 0.1) is 6.42 Å². The Kier molecular flexibility index (Phi) is 5.48. The number of halogens is 1. The number of carbonyl (C=O) groups is 2. The van der Waals surface area contributed by atoms with Crippen molar-refractivity contribution in [3.63, 3.8) is 0 Å². The zero-order chi connectivity index (χ0) is 22.9. The Balaban J connectivity index is 1.27. The first kappa shape index (κ1) is 21.0. The number of hydrogen-bond acceptors (Lipinski definition) is 5. The first-order valence-electron chi connectivity index (χ1n) is 10.4. The van der Waals surface area contributed by atoms with Gasteiger partial charge in [0, 0.05) is 10.9 Å². The van der Waals surface area contributed by atoms with Crippen LogP contribution in [0.1, 0.15) is 22.9 Å². The number of oxazole rings is 1. The van der Waals surface area contributed by atoms with Crippen LogP contribution >= 0.6 is 11.6 Å². The van der Waals surface area contributed by atoms with Crippen molar-refractivity contribution in [3.05, 3.63) is 88.8 Å². The SMILES string of the molecule is O=C(NC(Cc1nc2cc(Cl)ccc2o1)C(=O)O)OCC1c2ccccc2-c2ccccc21. The number of aromatic nitrogens is 1. The molecule has 0 spiro atoms. The Morgan fingerprint density at radius 2 is 1.73 bits per heavy atom. The van der Waals surface area contributed by atoms with E-state index in [9.17, 15) is 14.7 Å². The molecule has 5 rings (SSSR count). The molecule has 0 bridgehead atoms. The van der Waals surface area contributed by atoms with Gasteiger partial charge in [-0.1, -0.05) is 60.1 Å². The molecule has 0 saturated heterocycles. The molecule has 0 saturated carbocycles. The minimum atomic E-state index is -1.26. The average molecular weight is 463 g/mol. The minimum absolute atomic E-state index is 0.0909. The molecule has 1 amide bonds. The molecule has 1 aliphatic rings. The number of alkyl carbamates (subject to hydrolysis) is 1. The lowest BCUT2D eigenvalue weighted by Crippen LogP contribution is -2.43. The predicted molar refractivity (Wildman–Crippen MR) is 122 cm³/mol. The van der Waals surface area contributed by atoms with Crippen molar-refractivity contribution in [1.29, 1.82) is 0 Å². The minimum Gasteiger partial charge on any atom is -0.480 e. The third kappa shape index (κ3) is 4.15. The summed E-state index contributed by atoms with van der Waals surface area (Å²) in [7, 11) is 0. The van der Waals surface area contributed by atoms with Crippen LogP contribution in [0.2, 0.25) is 5.02 Å². The number of amides is 1. The number of carbonyl (C=O) groups excluding carboxylic acids is 1. The molecule has 0 fully saturated rings. The van der Waals surface area contributed by atoms with Gasteiger partial charge in [0.2, 0.25) is 0 Å². The van der Waals surface area contributed by atoms with Gasteiger partial charge in [-0.05, 0) is 40.5 Å². The summed E-state index contributed by atoms with van der Waals surface area (Å²) in [6.45, 7) is 0.0909. The lowest BCUT2D eigenvalue weighted by Gasteiger charge is -2.16. The Morgan fingerprint density at radius 3 is 2.39 bits per heavy atom. The maximum absolute atomic E-state index is 12.5. The Morgan fingerprint density at radius 1 is 1.06 bits per heavy atom. The van der Waals surface area contributed by atoms with E-state index in [2.05, 4.69) is 10.3 Å². The summed E-state index contributed by atoms with van der Waals surface area (Å²) < 4.78 is 11.0. The molecule has 1 aliphatic carbocycles. The van der Waals surface area contributed by atoms with Gasteiger partial charge in [-0.25, -0.2) is 14.6 Å². The van der Waals surface area contributed by atoms with Gasteiger partial charge in [-0.2, -0.15) is 0 Å². The number of hydrogen-bond donors (Lipinski definition) is 2. The summed E-state index contributed by atoms with van der Waals surface area (Å²) in [5, 5.41) is 12.5. The molecule has 8 heteroatoms. The third-order valence-electron chi connectivity index (χ3n) is 5.71. The first-order valence-corrected chi connectivity index (χ1v) is 10.8. The molecule has 1 unspecified atom stereocenters. The lowest BCUT2D eigenvalue weighted by molar-refractivity contribution is -0.139. The van der Waals surface area contributed by atoms with Gasteiger partial charge >= 0.3 is 12.1 Å². The van der Waals surface area contributed by atoms with Crippen LogP contribution in [0, 0.1) is 0 Å². The van der Waals surface area contributed by atoms with E-state index < -0.39 is 18.1 Å². The summed E-state index contributed by atoms with van der Waals surface area (Å²) >= 11 is 5.96. The zero-order valence-electron chi connectivity index (χ0n) is 17.3. The largest absolute Gasteiger partial charge is 0.480 e. The summed E-state index contributed by atoms with van der Waals surface area (Å²) in [5.41, 5.74) is 5.38. The molecule has 33 heavy (non-hydrogen) atoms. The molecule has 3 aromatic carbocycles. The van der Waals surface area contributed by atoms with E-state index in [-0.39, 0.29) is 24.8 Å². The normalized spacial score (nSPS) is 13.4. The highest BCUT2D eigenvalue weighted by Gasteiger charge is 2.30. The average Bonchev–Trinajstić information content (AvgIpc) is 3.35. The molecule has 1 atom stereocenters. The first-order chi connectivity index (χ1) is 16.0. The number of benzene rings is 3. The summed E-state index contributed by atoms with van der Waals surface area (Å²) in [4.78, 5) is 28.5. The maximum Gasteiger partial charge on any atom is 0.407 e. The lowest BCUT2D eigenvalue weighted by atomic mass is 9.98. The second-order valence-corrected chi connectivity index (χ2v) is 8.22. The van der Waals surface area contributed by atoms with Crippen molar-refractivity contribution in [2.75, 3.05) is 6.61 Å². The number of carboxylic acids is 1. The molecule has 0 aliphatic heterocycles. The number of ether oxygens (including phenoxy) is 1. The third-order valence-corrected chi connectivity index (χ3v) is 5.94. The van der Waals surface area contributed by atoms with Gasteiger partial charge in [0.1, 0.15) is 18.2 Å². The quantitative estimate of drug-likeness (QED) is 0.417. The van der Waals surface area contributed by atoms with Crippen molar-refractivity contribution >= 4 is 34.8 Å². The van der Waals surface area contributed by atoms with Gasteiger partial charge in [-0.3, -0.25) is 0 Å². The predicted octanol–water partition coefficient (Wildman–Crippen LogP) is 5.02. The summed E-state index contributed by atoms with van der Waals surface area (Å²) in [5.74, 6) is -1.16. The Bertz CT molecular complexity index is 1320. The molecule has 0 radical (unpaired) electrons. The fourth-order valence-electron chi connectivity index (χ4n) is 4.19. The van der Waals surface area contributed by atoms with Gasteiger partial charge in [0.25, 0.3) is 0 Å². The van der Waals surface area contributed by atoms with Crippen molar-refractivity contribution in [2.24, 2.45) is 0 Å². The van der Waals surface area contributed by atoms with Crippen molar-refractivity contribution < 1.29 is 23.8 Å². The standard InChI is InChI=1S/C25H19ClN2O5/c26-14-9-10-22-20(11-14)27-23(33-22)12-21(24(29)30)28-25(31)32-13-19-17-7-3-1-5-15(17)16-6-2-4-8-18(16)19/h1-11,19,21H,12-13H2,(H,28,31)(H,29,30). The number of carboxylic acid groups (broad SMARTS) is 1. The van der Waals surface area contributed by atoms with Crippen LogP contribution in [0.15, 0.2) is 71.1 Å². The van der Waals surface area contributed by atoms with Gasteiger partial charge in [-0.15, -0.1) is 0 Å². The fraction of sp³-hybridized carbons (Fsp3) is 0.160. The summed E-state index contributed by atoms with van der Waals surface area (Å²) in [6.07, 6.45) is -0.949. The summed E-state index contributed by atoms with van der Waals surface area (Å²) in [6, 6.07) is 19.6. The molecular formula is C25H19ClN2O5. The van der Waals surface area contributed by atoms with E-state index in [4.69, 9.17) is 20.8 Å². The van der Waals surface area contributed by atoms with Gasteiger partial charge in [0.15, 0.2) is 11.5 Å². The second-order valence-electron chi connectivity index (χ2n) is 7.78. The number of aliphatic carboxylic acids is 1. The van der Waals surface area contributed by atoms with Crippen molar-refractivity contribution in [3.8, 4) is 11.1 Å². The smallest absolute Gasteiger partial charge is 0.407 e. The van der Waals surface area contributed by atoms with E-state index >= 15 is 0 Å². The number of nitrogens with zero attached hydrogens (tertiary/aromatic N) is 1. The van der Waals surface area contributed by atoms with E-state index in [0.29, 0.717) is 16.1 Å². The molecule has 1 aromatic heterocycles. The van der Waals surface area contributed by atoms with Crippen LogP contribution in [0.4, 0.5) is 4.79 Å². The van der Waals surface area contributed by atoms with Crippen molar-refractivity contribution in [1.82, 2.24) is 10.3 Å². The Hall–Kier alpha value is -3.84. The molecule has 1 heterocycles. The second kappa shape index (κ2) is 8.60. The fourth-order valence-corrected chi connectivity index (χ4v) is 4.36. The molecule has 166 valence electrons. The highest BCUT2D eigenvalue weighted by molar-refractivity contribution is 6.31. The molecule has 7 nitrogen and oxygen atoms in total.